The summed E-state index contributed by atoms with van der Waals surface area (Å²) in [4.78, 5) is 0. The van der Waals surface area contributed by atoms with Gasteiger partial charge in [-0.1, -0.05) is 30.3 Å². The summed E-state index contributed by atoms with van der Waals surface area (Å²) < 4.78 is 2.99. The highest BCUT2D eigenvalue weighted by Gasteiger charge is 2.12. The molecule has 1 aromatic carbocycles. The van der Waals surface area contributed by atoms with Gasteiger partial charge >= 0.3 is 0 Å². The van der Waals surface area contributed by atoms with E-state index in [-0.39, 0.29) is 0 Å². The molecule has 0 aliphatic carbocycles. The average molecular weight is 280 g/mol. The number of hydrogen-bond acceptors (Lipinski definition) is 2. The summed E-state index contributed by atoms with van der Waals surface area (Å²) in [6, 6.07) is 10.1. The second kappa shape index (κ2) is 4.80. The summed E-state index contributed by atoms with van der Waals surface area (Å²) >= 11 is 3.58. The Hall–Kier alpha value is -1.13. The van der Waals surface area contributed by atoms with Crippen LogP contribution in [0.25, 0.3) is 11.3 Å². The highest BCUT2D eigenvalue weighted by molar-refractivity contribution is 9.10. The number of nitrogens with two attached hydrogens (primary N) is 1. The molecule has 4 heteroatoms. The third-order valence-corrected chi connectivity index (χ3v) is 3.47. The van der Waals surface area contributed by atoms with Gasteiger partial charge in [0.1, 0.15) is 5.69 Å². The maximum Gasteiger partial charge on any atom is 0.107 e. The van der Waals surface area contributed by atoms with Crippen molar-refractivity contribution in [2.24, 2.45) is 5.73 Å². The van der Waals surface area contributed by atoms with Crippen molar-refractivity contribution in [1.29, 1.82) is 0 Å². The molecule has 1 aromatic heterocycles. The van der Waals surface area contributed by atoms with Gasteiger partial charge in [0.15, 0.2) is 0 Å². The van der Waals surface area contributed by atoms with Crippen LogP contribution in [0.3, 0.4) is 0 Å². The lowest BCUT2D eigenvalue weighted by Crippen LogP contribution is -2.12. The number of benzene rings is 1. The molecule has 16 heavy (non-hydrogen) atoms. The first-order valence-corrected chi connectivity index (χ1v) is 6.01. The fourth-order valence-corrected chi connectivity index (χ4v) is 2.16. The fourth-order valence-electron chi connectivity index (χ4n) is 1.64. The van der Waals surface area contributed by atoms with Gasteiger partial charge < -0.3 is 5.73 Å². The van der Waals surface area contributed by atoms with E-state index < -0.39 is 0 Å². The van der Waals surface area contributed by atoms with Gasteiger partial charge in [0.2, 0.25) is 0 Å². The number of aromatic nitrogens is 2. The maximum atomic E-state index is 5.55. The molecule has 0 atom stereocenters. The molecule has 0 aliphatic heterocycles. The van der Waals surface area contributed by atoms with Crippen molar-refractivity contribution >= 4 is 15.9 Å². The van der Waals surface area contributed by atoms with Crippen molar-refractivity contribution in [3.63, 3.8) is 0 Å². The van der Waals surface area contributed by atoms with Gasteiger partial charge in [-0.15, -0.1) is 0 Å². The normalized spacial score (nSPS) is 10.7. The van der Waals surface area contributed by atoms with Crippen LogP contribution in [-0.2, 0) is 6.54 Å². The lowest BCUT2D eigenvalue weighted by molar-refractivity contribution is 0.609. The van der Waals surface area contributed by atoms with Crippen LogP contribution in [0.15, 0.2) is 34.8 Å². The van der Waals surface area contributed by atoms with Crippen LogP contribution < -0.4 is 5.73 Å². The van der Waals surface area contributed by atoms with E-state index in [2.05, 4.69) is 33.2 Å². The van der Waals surface area contributed by atoms with Gasteiger partial charge in [0.05, 0.1) is 16.7 Å². The molecule has 0 bridgehead atoms. The van der Waals surface area contributed by atoms with Crippen LogP contribution in [0, 0.1) is 6.92 Å². The van der Waals surface area contributed by atoms with Crippen molar-refractivity contribution in [3.05, 3.63) is 40.5 Å². The summed E-state index contributed by atoms with van der Waals surface area (Å²) in [7, 11) is 0. The van der Waals surface area contributed by atoms with Crippen molar-refractivity contribution in [2.75, 3.05) is 6.54 Å². The molecule has 0 saturated heterocycles. The van der Waals surface area contributed by atoms with E-state index in [1.807, 2.05) is 29.8 Å². The smallest absolute Gasteiger partial charge is 0.107 e. The Balaban J connectivity index is 2.46. The van der Waals surface area contributed by atoms with E-state index >= 15 is 0 Å². The van der Waals surface area contributed by atoms with Crippen molar-refractivity contribution in [1.82, 2.24) is 9.78 Å². The second-order valence-corrected chi connectivity index (χ2v) is 4.42. The van der Waals surface area contributed by atoms with Gasteiger partial charge in [0, 0.05) is 12.1 Å². The molecular weight excluding hydrogens is 266 g/mol. The third-order valence-electron chi connectivity index (χ3n) is 2.52. The van der Waals surface area contributed by atoms with E-state index in [4.69, 9.17) is 5.73 Å². The molecule has 0 amide bonds. The molecule has 2 N–H and O–H groups in total. The van der Waals surface area contributed by atoms with Crippen LogP contribution in [0.5, 0.6) is 0 Å². The molecule has 0 unspecified atom stereocenters. The number of halogens is 1. The molecule has 0 spiro atoms. The summed E-state index contributed by atoms with van der Waals surface area (Å²) in [5.74, 6) is 0. The Kier molecular flexibility index (Phi) is 3.41. The van der Waals surface area contributed by atoms with Crippen LogP contribution in [0.4, 0.5) is 0 Å². The standard InChI is InChI=1S/C12H14BrN3/c1-9-11(13)12(15-16(9)8-7-14)10-5-3-2-4-6-10/h2-6H,7-8,14H2,1H3. The first kappa shape index (κ1) is 11.4. The van der Waals surface area contributed by atoms with Gasteiger partial charge in [-0.2, -0.15) is 5.10 Å². The largest absolute Gasteiger partial charge is 0.329 e. The van der Waals surface area contributed by atoms with E-state index in [1.165, 1.54) is 0 Å². The summed E-state index contributed by atoms with van der Waals surface area (Å²) in [5.41, 5.74) is 8.76. The highest BCUT2D eigenvalue weighted by atomic mass is 79.9. The minimum atomic E-state index is 0.600. The predicted octanol–water partition coefficient (Wildman–Crippen LogP) is 2.58. The summed E-state index contributed by atoms with van der Waals surface area (Å²) in [6.07, 6.45) is 0. The second-order valence-electron chi connectivity index (χ2n) is 3.63. The van der Waals surface area contributed by atoms with Crippen LogP contribution in [-0.4, -0.2) is 16.3 Å². The summed E-state index contributed by atoms with van der Waals surface area (Å²) in [5, 5.41) is 4.56. The molecule has 1 heterocycles. The van der Waals surface area contributed by atoms with E-state index in [1.54, 1.807) is 0 Å². The molecule has 0 fully saturated rings. The van der Waals surface area contributed by atoms with Crippen molar-refractivity contribution in [2.45, 2.75) is 13.5 Å². The zero-order chi connectivity index (χ0) is 11.5. The van der Waals surface area contributed by atoms with E-state index in [0.717, 1.165) is 28.0 Å². The maximum absolute atomic E-state index is 5.55. The first-order chi connectivity index (χ1) is 7.74. The Bertz CT molecular complexity index is 477. The van der Waals surface area contributed by atoms with Crippen LogP contribution in [0.2, 0.25) is 0 Å². The molecule has 0 radical (unpaired) electrons. The molecule has 3 nitrogen and oxygen atoms in total. The molecule has 2 aromatic rings. The molecule has 2 rings (SSSR count). The van der Waals surface area contributed by atoms with E-state index in [9.17, 15) is 0 Å². The van der Waals surface area contributed by atoms with Gasteiger partial charge in [-0.05, 0) is 22.9 Å². The highest BCUT2D eigenvalue weighted by Crippen LogP contribution is 2.29. The minimum absolute atomic E-state index is 0.600. The monoisotopic (exact) mass is 279 g/mol. The molecule has 0 aliphatic rings. The fraction of sp³-hybridized carbons (Fsp3) is 0.250. The number of rotatable bonds is 3. The zero-order valence-corrected chi connectivity index (χ0v) is 10.7. The van der Waals surface area contributed by atoms with Crippen LogP contribution in [0.1, 0.15) is 5.69 Å². The first-order valence-electron chi connectivity index (χ1n) is 5.22. The minimum Gasteiger partial charge on any atom is -0.329 e. The Labute approximate surface area is 103 Å². The van der Waals surface area contributed by atoms with Gasteiger partial charge in [0.25, 0.3) is 0 Å². The Morgan fingerprint density at radius 3 is 2.62 bits per heavy atom. The van der Waals surface area contributed by atoms with Gasteiger partial charge in [-0.25, -0.2) is 0 Å². The number of hydrogen-bond donors (Lipinski definition) is 1. The van der Waals surface area contributed by atoms with Crippen LogP contribution >= 0.6 is 15.9 Å². The number of nitrogens with zero attached hydrogens (tertiary/aromatic N) is 2. The SMILES string of the molecule is Cc1c(Br)c(-c2ccccc2)nn1CCN. The lowest BCUT2D eigenvalue weighted by Gasteiger charge is -1.99. The average Bonchev–Trinajstić information content (AvgIpc) is 2.59. The Morgan fingerprint density at radius 1 is 1.31 bits per heavy atom. The third kappa shape index (κ3) is 2.03. The lowest BCUT2D eigenvalue weighted by atomic mass is 10.1. The van der Waals surface area contributed by atoms with Crippen molar-refractivity contribution < 1.29 is 0 Å². The predicted molar refractivity (Wildman–Crippen MR) is 69.2 cm³/mol. The van der Waals surface area contributed by atoms with E-state index in [0.29, 0.717) is 6.54 Å². The topological polar surface area (TPSA) is 43.8 Å². The molecular formula is C12H14BrN3. The zero-order valence-electron chi connectivity index (χ0n) is 9.15. The quantitative estimate of drug-likeness (QED) is 0.939. The Morgan fingerprint density at radius 2 is 2.00 bits per heavy atom. The molecule has 84 valence electrons. The molecule has 0 saturated carbocycles. The van der Waals surface area contributed by atoms with Crippen molar-refractivity contribution in [3.8, 4) is 11.3 Å². The van der Waals surface area contributed by atoms with Gasteiger partial charge in [-0.3, -0.25) is 4.68 Å². The summed E-state index contributed by atoms with van der Waals surface area (Å²) in [6.45, 7) is 3.39.